The quantitative estimate of drug-likeness (QED) is 0.820. The summed E-state index contributed by atoms with van der Waals surface area (Å²) in [7, 11) is 0. The lowest BCUT2D eigenvalue weighted by atomic mass is 9.99. The van der Waals surface area contributed by atoms with Gasteiger partial charge in [0.15, 0.2) is 0 Å². The number of rotatable bonds is 4. The van der Waals surface area contributed by atoms with E-state index in [1.54, 1.807) is 0 Å². The van der Waals surface area contributed by atoms with E-state index in [1.807, 2.05) is 0 Å². The highest BCUT2D eigenvalue weighted by atomic mass is 14.6. The molecule has 0 amide bonds. The zero-order chi connectivity index (χ0) is 13.8. The zero-order valence-corrected chi connectivity index (χ0v) is 11.7. The molecule has 2 aromatic rings. The van der Waals surface area contributed by atoms with Gasteiger partial charge in [-0.1, -0.05) is 38.1 Å². The molecular weight excluding hydrogens is 232 g/mol. The second-order valence-corrected chi connectivity index (χ2v) is 4.95. The summed E-state index contributed by atoms with van der Waals surface area (Å²) in [6.07, 6.45) is 2.83. The minimum atomic E-state index is 0.877. The Labute approximate surface area is 115 Å². The third kappa shape index (κ3) is 3.08. The van der Waals surface area contributed by atoms with Crippen molar-refractivity contribution in [3.05, 3.63) is 58.7 Å². The van der Waals surface area contributed by atoms with Gasteiger partial charge in [-0.15, -0.1) is 0 Å². The van der Waals surface area contributed by atoms with Crippen LogP contribution in [0.5, 0.6) is 0 Å². The molecule has 2 nitrogen and oxygen atoms in total. The second-order valence-electron chi connectivity index (χ2n) is 4.95. The van der Waals surface area contributed by atoms with E-state index in [0.717, 1.165) is 30.6 Å². The first-order chi connectivity index (χ1) is 9.13. The van der Waals surface area contributed by atoms with Crippen LogP contribution in [0, 0.1) is 0 Å². The van der Waals surface area contributed by atoms with Gasteiger partial charge >= 0.3 is 0 Å². The number of nitrogen functional groups attached to an aromatic ring is 2. The third-order valence-electron chi connectivity index (χ3n) is 3.59. The topological polar surface area (TPSA) is 52.0 Å². The van der Waals surface area contributed by atoms with Crippen molar-refractivity contribution in [2.75, 3.05) is 11.5 Å². The lowest BCUT2D eigenvalue weighted by Crippen LogP contribution is -1.98. The summed E-state index contributed by atoms with van der Waals surface area (Å²) < 4.78 is 0. The molecular formula is C17H22N2. The van der Waals surface area contributed by atoms with Gasteiger partial charge in [-0.3, -0.25) is 0 Å². The van der Waals surface area contributed by atoms with Gasteiger partial charge in [0, 0.05) is 11.4 Å². The summed E-state index contributed by atoms with van der Waals surface area (Å²) >= 11 is 0. The van der Waals surface area contributed by atoms with E-state index in [1.165, 1.54) is 22.3 Å². The van der Waals surface area contributed by atoms with Crippen molar-refractivity contribution in [3.8, 4) is 0 Å². The fourth-order valence-electron chi connectivity index (χ4n) is 2.39. The molecule has 0 aliphatic carbocycles. The van der Waals surface area contributed by atoms with E-state index in [4.69, 9.17) is 11.5 Å². The normalized spacial score (nSPS) is 10.6. The Kier molecular flexibility index (Phi) is 4.10. The summed E-state index contributed by atoms with van der Waals surface area (Å²) in [5.41, 5.74) is 18.7. The predicted molar refractivity (Wildman–Crippen MR) is 83.3 cm³/mol. The highest BCUT2D eigenvalue weighted by Gasteiger charge is 2.03. The maximum atomic E-state index is 6.04. The second kappa shape index (κ2) is 5.79. The van der Waals surface area contributed by atoms with E-state index in [9.17, 15) is 0 Å². The van der Waals surface area contributed by atoms with Crippen LogP contribution < -0.4 is 11.5 Å². The van der Waals surface area contributed by atoms with Crippen molar-refractivity contribution in [2.45, 2.75) is 33.1 Å². The fourth-order valence-corrected chi connectivity index (χ4v) is 2.39. The summed E-state index contributed by atoms with van der Waals surface area (Å²) in [6.45, 7) is 4.24. The van der Waals surface area contributed by atoms with Crippen LogP contribution in [-0.4, -0.2) is 0 Å². The third-order valence-corrected chi connectivity index (χ3v) is 3.59. The van der Waals surface area contributed by atoms with Crippen LogP contribution in [-0.2, 0) is 19.3 Å². The molecule has 0 radical (unpaired) electrons. The molecule has 19 heavy (non-hydrogen) atoms. The average Bonchev–Trinajstić information content (AvgIpc) is 2.39. The highest BCUT2D eigenvalue weighted by molar-refractivity contribution is 5.52. The number of hydrogen-bond acceptors (Lipinski definition) is 2. The number of aryl methyl sites for hydroxylation is 2. The first-order valence-corrected chi connectivity index (χ1v) is 6.88. The number of benzene rings is 2. The SMILES string of the molecule is CCc1ccc(Cc2ccc(CC)c(N)c2)cc1N. The molecule has 0 aliphatic rings. The fraction of sp³-hybridized carbons (Fsp3) is 0.294. The lowest BCUT2D eigenvalue weighted by Gasteiger charge is -2.09. The molecule has 0 heterocycles. The summed E-state index contributed by atoms with van der Waals surface area (Å²) in [5, 5.41) is 0. The maximum absolute atomic E-state index is 6.04. The van der Waals surface area contributed by atoms with Crippen molar-refractivity contribution in [1.29, 1.82) is 0 Å². The Morgan fingerprint density at radius 1 is 0.737 bits per heavy atom. The number of anilines is 2. The molecule has 0 saturated heterocycles. The molecule has 4 N–H and O–H groups in total. The minimum Gasteiger partial charge on any atom is -0.398 e. The highest BCUT2D eigenvalue weighted by Crippen LogP contribution is 2.20. The minimum absolute atomic E-state index is 0.877. The zero-order valence-electron chi connectivity index (χ0n) is 11.7. The van der Waals surface area contributed by atoms with Crippen LogP contribution in [0.1, 0.15) is 36.1 Å². The smallest absolute Gasteiger partial charge is 0.0349 e. The van der Waals surface area contributed by atoms with Gasteiger partial charge in [0.1, 0.15) is 0 Å². The van der Waals surface area contributed by atoms with Crippen molar-refractivity contribution >= 4 is 11.4 Å². The van der Waals surface area contributed by atoms with Crippen LogP contribution in [0.3, 0.4) is 0 Å². The molecule has 0 spiro atoms. The molecule has 0 fully saturated rings. The van der Waals surface area contributed by atoms with Gasteiger partial charge < -0.3 is 11.5 Å². The molecule has 2 aromatic carbocycles. The molecule has 0 saturated carbocycles. The van der Waals surface area contributed by atoms with Gasteiger partial charge in [0.05, 0.1) is 0 Å². The molecule has 0 atom stereocenters. The molecule has 0 unspecified atom stereocenters. The molecule has 2 heteroatoms. The maximum Gasteiger partial charge on any atom is 0.0349 e. The van der Waals surface area contributed by atoms with Crippen LogP contribution >= 0.6 is 0 Å². The van der Waals surface area contributed by atoms with E-state index >= 15 is 0 Å². The summed E-state index contributed by atoms with van der Waals surface area (Å²) in [4.78, 5) is 0. The van der Waals surface area contributed by atoms with Gasteiger partial charge in [-0.05, 0) is 53.6 Å². The van der Waals surface area contributed by atoms with E-state index in [2.05, 4.69) is 50.2 Å². The van der Waals surface area contributed by atoms with Crippen LogP contribution in [0.25, 0.3) is 0 Å². The Morgan fingerprint density at radius 3 is 1.47 bits per heavy atom. The standard InChI is InChI=1S/C17H22N2/c1-3-14-7-5-12(10-16(14)18)9-13-6-8-15(4-2)17(19)11-13/h5-8,10-11H,3-4,9,18-19H2,1-2H3. The Balaban J connectivity index is 2.21. The first kappa shape index (κ1) is 13.5. The first-order valence-electron chi connectivity index (χ1n) is 6.88. The van der Waals surface area contributed by atoms with Crippen molar-refractivity contribution < 1.29 is 0 Å². The van der Waals surface area contributed by atoms with E-state index < -0.39 is 0 Å². The Morgan fingerprint density at radius 2 is 1.16 bits per heavy atom. The van der Waals surface area contributed by atoms with Crippen molar-refractivity contribution in [2.24, 2.45) is 0 Å². The van der Waals surface area contributed by atoms with Crippen LogP contribution in [0.2, 0.25) is 0 Å². The Hall–Kier alpha value is -1.96. The van der Waals surface area contributed by atoms with Gasteiger partial charge in [0.2, 0.25) is 0 Å². The summed E-state index contributed by atoms with van der Waals surface area (Å²) in [6, 6.07) is 12.7. The average molecular weight is 254 g/mol. The van der Waals surface area contributed by atoms with Gasteiger partial charge in [-0.25, -0.2) is 0 Å². The Bertz CT molecular complexity index is 522. The van der Waals surface area contributed by atoms with E-state index in [-0.39, 0.29) is 0 Å². The van der Waals surface area contributed by atoms with Crippen molar-refractivity contribution in [3.63, 3.8) is 0 Å². The number of hydrogen-bond donors (Lipinski definition) is 2. The molecule has 0 aliphatic heterocycles. The lowest BCUT2D eigenvalue weighted by molar-refractivity contribution is 1.11. The monoisotopic (exact) mass is 254 g/mol. The van der Waals surface area contributed by atoms with Crippen molar-refractivity contribution in [1.82, 2.24) is 0 Å². The van der Waals surface area contributed by atoms with Crippen LogP contribution in [0.4, 0.5) is 11.4 Å². The predicted octanol–water partition coefficient (Wildman–Crippen LogP) is 3.57. The van der Waals surface area contributed by atoms with Gasteiger partial charge in [-0.2, -0.15) is 0 Å². The molecule has 0 bridgehead atoms. The van der Waals surface area contributed by atoms with Gasteiger partial charge in [0.25, 0.3) is 0 Å². The van der Waals surface area contributed by atoms with Crippen LogP contribution in [0.15, 0.2) is 36.4 Å². The van der Waals surface area contributed by atoms with E-state index in [0.29, 0.717) is 0 Å². The largest absolute Gasteiger partial charge is 0.398 e. The molecule has 2 rings (SSSR count). The number of nitrogens with two attached hydrogens (primary N) is 2. The molecule has 100 valence electrons. The molecule has 0 aromatic heterocycles. The summed E-state index contributed by atoms with van der Waals surface area (Å²) in [5.74, 6) is 0.